The Hall–Kier alpha value is -2.93. The van der Waals surface area contributed by atoms with E-state index < -0.39 is 0 Å². The van der Waals surface area contributed by atoms with Crippen molar-refractivity contribution in [3.8, 4) is 23.0 Å². The highest BCUT2D eigenvalue weighted by Crippen LogP contribution is 2.36. The molecule has 0 saturated carbocycles. The number of nitrogens with one attached hydrogen (secondary N) is 1. The quantitative estimate of drug-likeness (QED) is 0.361. The molecule has 2 aromatic rings. The molecule has 0 aliphatic carbocycles. The molecule has 0 aliphatic heterocycles. The average Bonchev–Trinajstić information content (AvgIpc) is 2.75. The number of ether oxygens (including phenoxy) is 4. The Kier molecular flexibility index (Phi) is 9.97. The monoisotopic (exact) mass is 448 g/mol. The first-order chi connectivity index (χ1) is 15.0. The number of carbonyl (C=O) groups excluding carboxylic acids is 1. The lowest BCUT2D eigenvalue weighted by Gasteiger charge is -2.14. The molecule has 2 aromatic carbocycles. The van der Waals surface area contributed by atoms with Crippen LogP contribution in [-0.2, 0) is 0 Å². The number of nitrogens with zero attached hydrogens (tertiary/aromatic N) is 1. The third-order valence-electron chi connectivity index (χ3n) is 3.97. The summed E-state index contributed by atoms with van der Waals surface area (Å²) >= 11 is 6.35. The van der Waals surface area contributed by atoms with Gasteiger partial charge in [-0.25, -0.2) is 5.43 Å². The molecule has 31 heavy (non-hydrogen) atoms. The zero-order chi connectivity index (χ0) is 22.6. The fourth-order valence-corrected chi connectivity index (χ4v) is 2.97. The Morgan fingerprint density at radius 1 is 0.935 bits per heavy atom. The standard InChI is InChI=1S/C23H29ClN2O5/c1-5-11-31-22-18(24)12-16(13-21(22)30-8-4)15-25-26-23(27)17-9-10-19(28-6-2)20(14-17)29-7-3/h9-10,12-15H,5-8,11H2,1-4H3,(H,26,27)/b25-15+. The molecule has 0 aliphatic rings. The second-order valence-electron chi connectivity index (χ2n) is 6.34. The molecular formula is C23H29ClN2O5. The van der Waals surface area contributed by atoms with Gasteiger partial charge < -0.3 is 18.9 Å². The van der Waals surface area contributed by atoms with E-state index in [-0.39, 0.29) is 5.91 Å². The smallest absolute Gasteiger partial charge is 0.271 e. The van der Waals surface area contributed by atoms with Gasteiger partial charge in [-0.3, -0.25) is 4.79 Å². The molecular weight excluding hydrogens is 420 g/mol. The summed E-state index contributed by atoms with van der Waals surface area (Å²) in [6.07, 6.45) is 2.35. The number of hydrogen-bond donors (Lipinski definition) is 1. The van der Waals surface area contributed by atoms with Crippen LogP contribution >= 0.6 is 11.6 Å². The van der Waals surface area contributed by atoms with Gasteiger partial charge in [0.25, 0.3) is 5.91 Å². The van der Waals surface area contributed by atoms with Crippen LogP contribution in [0.1, 0.15) is 50.0 Å². The van der Waals surface area contributed by atoms with Gasteiger partial charge in [0.15, 0.2) is 23.0 Å². The zero-order valence-corrected chi connectivity index (χ0v) is 19.1. The molecule has 1 N–H and O–H groups in total. The van der Waals surface area contributed by atoms with Gasteiger partial charge in [-0.2, -0.15) is 5.10 Å². The number of hydrogen-bond acceptors (Lipinski definition) is 6. The van der Waals surface area contributed by atoms with E-state index >= 15 is 0 Å². The van der Waals surface area contributed by atoms with Crippen molar-refractivity contribution in [2.45, 2.75) is 34.1 Å². The Balaban J connectivity index is 2.14. The lowest BCUT2D eigenvalue weighted by molar-refractivity contribution is 0.0954. The van der Waals surface area contributed by atoms with Crippen molar-refractivity contribution >= 4 is 23.7 Å². The molecule has 0 aromatic heterocycles. The predicted octanol–water partition coefficient (Wildman–Crippen LogP) is 5.09. The SMILES string of the molecule is CCCOc1c(Cl)cc(/C=N/NC(=O)c2ccc(OCC)c(OCC)c2)cc1OCC. The maximum atomic E-state index is 12.5. The Labute approximate surface area is 188 Å². The third kappa shape index (κ3) is 7.07. The summed E-state index contributed by atoms with van der Waals surface area (Å²) in [4.78, 5) is 12.5. The maximum absolute atomic E-state index is 12.5. The van der Waals surface area contributed by atoms with Gasteiger partial charge in [0, 0.05) is 5.56 Å². The van der Waals surface area contributed by atoms with Gasteiger partial charge in [-0.05, 0) is 63.1 Å². The topological polar surface area (TPSA) is 78.4 Å². The molecule has 0 bridgehead atoms. The van der Waals surface area contributed by atoms with E-state index in [2.05, 4.69) is 10.5 Å². The molecule has 0 fully saturated rings. The van der Waals surface area contributed by atoms with Crippen molar-refractivity contribution in [2.24, 2.45) is 5.10 Å². The molecule has 8 heteroatoms. The van der Waals surface area contributed by atoms with Crippen LogP contribution in [0.2, 0.25) is 5.02 Å². The van der Waals surface area contributed by atoms with Crippen LogP contribution in [0.25, 0.3) is 0 Å². The van der Waals surface area contributed by atoms with Gasteiger partial charge >= 0.3 is 0 Å². The molecule has 7 nitrogen and oxygen atoms in total. The van der Waals surface area contributed by atoms with E-state index in [4.69, 9.17) is 30.5 Å². The highest BCUT2D eigenvalue weighted by molar-refractivity contribution is 6.32. The zero-order valence-electron chi connectivity index (χ0n) is 18.4. The van der Waals surface area contributed by atoms with Crippen molar-refractivity contribution in [3.05, 3.63) is 46.5 Å². The van der Waals surface area contributed by atoms with Crippen molar-refractivity contribution in [3.63, 3.8) is 0 Å². The maximum Gasteiger partial charge on any atom is 0.271 e. The molecule has 0 spiro atoms. The highest BCUT2D eigenvalue weighted by atomic mass is 35.5. The molecule has 0 unspecified atom stereocenters. The van der Waals surface area contributed by atoms with Crippen LogP contribution < -0.4 is 24.4 Å². The largest absolute Gasteiger partial charge is 0.490 e. The second-order valence-corrected chi connectivity index (χ2v) is 6.75. The van der Waals surface area contributed by atoms with E-state index in [1.807, 2.05) is 27.7 Å². The Bertz CT molecular complexity index is 902. The van der Waals surface area contributed by atoms with E-state index in [0.29, 0.717) is 65.6 Å². The van der Waals surface area contributed by atoms with E-state index in [1.54, 1.807) is 30.3 Å². The summed E-state index contributed by atoms with van der Waals surface area (Å²) < 4.78 is 22.4. The van der Waals surface area contributed by atoms with Crippen LogP contribution in [0, 0.1) is 0 Å². The summed E-state index contributed by atoms with van der Waals surface area (Å²) in [7, 11) is 0. The lowest BCUT2D eigenvalue weighted by Crippen LogP contribution is -2.17. The Morgan fingerprint density at radius 3 is 2.29 bits per heavy atom. The molecule has 2 rings (SSSR count). The summed E-state index contributed by atoms with van der Waals surface area (Å²) in [5.74, 6) is 1.76. The van der Waals surface area contributed by atoms with Crippen molar-refractivity contribution < 1.29 is 23.7 Å². The first kappa shape index (κ1) is 24.3. The molecule has 0 atom stereocenters. The molecule has 0 saturated heterocycles. The van der Waals surface area contributed by atoms with Crippen LogP contribution in [-0.4, -0.2) is 38.5 Å². The number of hydrazone groups is 1. The van der Waals surface area contributed by atoms with Crippen LogP contribution in [0.3, 0.4) is 0 Å². The lowest BCUT2D eigenvalue weighted by atomic mass is 10.2. The minimum Gasteiger partial charge on any atom is -0.490 e. The number of amides is 1. The van der Waals surface area contributed by atoms with Crippen molar-refractivity contribution in [2.75, 3.05) is 26.4 Å². The fraction of sp³-hybridized carbons (Fsp3) is 0.391. The fourth-order valence-electron chi connectivity index (χ4n) is 2.69. The van der Waals surface area contributed by atoms with Crippen LogP contribution in [0.5, 0.6) is 23.0 Å². The van der Waals surface area contributed by atoms with Crippen molar-refractivity contribution in [1.82, 2.24) is 5.43 Å². The van der Waals surface area contributed by atoms with E-state index in [1.165, 1.54) is 6.21 Å². The summed E-state index contributed by atoms with van der Waals surface area (Å²) in [6, 6.07) is 8.46. The predicted molar refractivity (Wildman–Crippen MR) is 122 cm³/mol. The normalized spacial score (nSPS) is 10.7. The van der Waals surface area contributed by atoms with Crippen LogP contribution in [0.4, 0.5) is 0 Å². The van der Waals surface area contributed by atoms with Gasteiger partial charge in [-0.1, -0.05) is 18.5 Å². The first-order valence-electron chi connectivity index (χ1n) is 10.4. The third-order valence-corrected chi connectivity index (χ3v) is 4.25. The Morgan fingerprint density at radius 2 is 1.61 bits per heavy atom. The van der Waals surface area contributed by atoms with Gasteiger partial charge in [0.2, 0.25) is 0 Å². The second kappa shape index (κ2) is 12.7. The van der Waals surface area contributed by atoms with E-state index in [9.17, 15) is 4.79 Å². The van der Waals surface area contributed by atoms with Crippen molar-refractivity contribution in [1.29, 1.82) is 0 Å². The van der Waals surface area contributed by atoms with E-state index in [0.717, 1.165) is 6.42 Å². The number of halogens is 1. The van der Waals surface area contributed by atoms with Gasteiger partial charge in [0.1, 0.15) is 0 Å². The number of rotatable bonds is 12. The summed E-state index contributed by atoms with van der Waals surface area (Å²) in [5, 5.41) is 4.45. The van der Waals surface area contributed by atoms with Crippen LogP contribution in [0.15, 0.2) is 35.4 Å². The molecule has 168 valence electrons. The number of benzene rings is 2. The minimum absolute atomic E-state index is 0.376. The number of carbonyl (C=O) groups is 1. The molecule has 0 heterocycles. The molecule has 1 amide bonds. The minimum atomic E-state index is -0.376. The average molecular weight is 449 g/mol. The summed E-state index contributed by atoms with van der Waals surface area (Å²) in [5.41, 5.74) is 3.58. The highest BCUT2D eigenvalue weighted by Gasteiger charge is 2.13. The van der Waals surface area contributed by atoms with Gasteiger partial charge in [0.05, 0.1) is 37.7 Å². The first-order valence-corrected chi connectivity index (χ1v) is 10.7. The van der Waals surface area contributed by atoms with Gasteiger partial charge in [-0.15, -0.1) is 0 Å². The summed E-state index contributed by atoms with van der Waals surface area (Å²) in [6.45, 7) is 9.62. The molecule has 0 radical (unpaired) electrons.